The molecule has 0 bridgehead atoms. The number of anilines is 1. The second-order valence-electron chi connectivity index (χ2n) is 4.92. The molecule has 1 aromatic rings. The maximum absolute atomic E-state index is 11.8. The van der Waals surface area contributed by atoms with Crippen molar-refractivity contribution in [3.8, 4) is 0 Å². The maximum atomic E-state index is 11.8. The van der Waals surface area contributed by atoms with Gasteiger partial charge in [0, 0.05) is 5.69 Å². The van der Waals surface area contributed by atoms with Gasteiger partial charge in [-0.3, -0.25) is 0 Å². The first-order valence-corrected chi connectivity index (χ1v) is 6.27. The lowest BCUT2D eigenvalue weighted by Crippen LogP contribution is -2.51. The Labute approximate surface area is 113 Å². The van der Waals surface area contributed by atoms with Crippen molar-refractivity contribution in [1.29, 1.82) is 0 Å². The van der Waals surface area contributed by atoms with Gasteiger partial charge in [-0.05, 0) is 31.9 Å². The Hall–Kier alpha value is -2.04. The number of carboxylic acids is 1. The Morgan fingerprint density at radius 3 is 2.47 bits per heavy atom. The van der Waals surface area contributed by atoms with Gasteiger partial charge in [-0.15, -0.1) is 0 Å². The van der Waals surface area contributed by atoms with Crippen LogP contribution in [0.25, 0.3) is 0 Å². The Bertz CT molecular complexity index is 470. The van der Waals surface area contributed by atoms with E-state index >= 15 is 0 Å². The Kier molecular flexibility index (Phi) is 4.92. The van der Waals surface area contributed by atoms with E-state index in [1.54, 1.807) is 6.07 Å². The molecule has 1 rings (SSSR count). The number of amides is 2. The number of urea groups is 1. The average Bonchev–Trinajstić information content (AvgIpc) is 2.31. The van der Waals surface area contributed by atoms with E-state index in [-0.39, 0.29) is 0 Å². The van der Waals surface area contributed by atoms with Crippen molar-refractivity contribution in [3.05, 3.63) is 29.8 Å². The Balaban J connectivity index is 2.75. The first-order valence-electron chi connectivity index (χ1n) is 6.27. The molecule has 0 fully saturated rings. The number of para-hydroxylation sites is 1. The van der Waals surface area contributed by atoms with Crippen LogP contribution in [0.5, 0.6) is 0 Å². The fraction of sp³-hybridized carbons (Fsp3) is 0.429. The van der Waals surface area contributed by atoms with Gasteiger partial charge in [-0.2, -0.15) is 0 Å². The van der Waals surface area contributed by atoms with Gasteiger partial charge in [0.25, 0.3) is 0 Å². The zero-order valence-corrected chi connectivity index (χ0v) is 11.5. The lowest BCUT2D eigenvalue weighted by atomic mass is 10.1. The molecule has 3 N–H and O–H groups in total. The largest absolute Gasteiger partial charge is 0.480 e. The minimum absolute atomic E-state index is 0.518. The van der Waals surface area contributed by atoms with Crippen LogP contribution in [0.15, 0.2) is 24.3 Å². The normalized spacial score (nSPS) is 10.9. The summed E-state index contributed by atoms with van der Waals surface area (Å²) in [5.41, 5.74) is 0.445. The fourth-order valence-electron chi connectivity index (χ4n) is 1.62. The summed E-state index contributed by atoms with van der Waals surface area (Å²) < 4.78 is 0. The highest BCUT2D eigenvalue weighted by Crippen LogP contribution is 2.17. The maximum Gasteiger partial charge on any atom is 0.328 e. The van der Waals surface area contributed by atoms with E-state index in [1.165, 1.54) is 13.8 Å². The first kappa shape index (κ1) is 15.0. The van der Waals surface area contributed by atoms with Crippen LogP contribution in [-0.4, -0.2) is 22.6 Å². The molecule has 0 spiro atoms. The predicted octanol–water partition coefficient (Wildman–Crippen LogP) is 2.62. The molecule has 5 heteroatoms. The SMILES string of the molecule is CCCc1ccccc1NC(=O)NC(C)(C)C(=O)O. The Morgan fingerprint density at radius 2 is 1.89 bits per heavy atom. The predicted molar refractivity (Wildman–Crippen MR) is 74.3 cm³/mol. The third kappa shape index (κ3) is 4.28. The summed E-state index contributed by atoms with van der Waals surface area (Å²) in [6.45, 7) is 4.93. The minimum atomic E-state index is -1.30. The second-order valence-corrected chi connectivity index (χ2v) is 4.92. The lowest BCUT2D eigenvalue weighted by Gasteiger charge is -2.21. The van der Waals surface area contributed by atoms with E-state index in [9.17, 15) is 9.59 Å². The highest BCUT2D eigenvalue weighted by molar-refractivity contribution is 5.94. The van der Waals surface area contributed by atoms with Gasteiger partial charge in [-0.25, -0.2) is 9.59 Å². The molecular weight excluding hydrogens is 244 g/mol. The molecule has 0 atom stereocenters. The van der Waals surface area contributed by atoms with E-state index in [2.05, 4.69) is 17.6 Å². The van der Waals surface area contributed by atoms with Crippen molar-refractivity contribution in [1.82, 2.24) is 5.32 Å². The van der Waals surface area contributed by atoms with Gasteiger partial charge in [0.2, 0.25) is 0 Å². The van der Waals surface area contributed by atoms with Gasteiger partial charge in [0.15, 0.2) is 0 Å². The summed E-state index contributed by atoms with van der Waals surface area (Å²) in [5.74, 6) is -1.08. The van der Waals surface area contributed by atoms with E-state index in [0.717, 1.165) is 18.4 Å². The summed E-state index contributed by atoms with van der Waals surface area (Å²) in [4.78, 5) is 22.7. The van der Waals surface area contributed by atoms with E-state index in [4.69, 9.17) is 5.11 Å². The van der Waals surface area contributed by atoms with E-state index in [1.807, 2.05) is 18.2 Å². The number of aryl methyl sites for hydroxylation is 1. The Morgan fingerprint density at radius 1 is 1.26 bits per heavy atom. The zero-order valence-electron chi connectivity index (χ0n) is 11.5. The van der Waals surface area contributed by atoms with Gasteiger partial charge in [0.05, 0.1) is 0 Å². The van der Waals surface area contributed by atoms with Crippen LogP contribution in [0.3, 0.4) is 0 Å². The summed E-state index contributed by atoms with van der Waals surface area (Å²) in [6, 6.07) is 6.97. The number of carbonyl (C=O) groups excluding carboxylic acids is 1. The van der Waals surface area contributed by atoms with Crippen molar-refractivity contribution in [3.63, 3.8) is 0 Å². The monoisotopic (exact) mass is 264 g/mol. The summed E-state index contributed by atoms with van der Waals surface area (Å²) in [7, 11) is 0. The zero-order chi connectivity index (χ0) is 14.5. The number of carboxylic acid groups (broad SMARTS) is 1. The van der Waals surface area contributed by atoms with Crippen LogP contribution in [0.4, 0.5) is 10.5 Å². The summed E-state index contributed by atoms with van der Waals surface area (Å²) in [6.07, 6.45) is 1.83. The van der Waals surface area contributed by atoms with Gasteiger partial charge in [-0.1, -0.05) is 31.5 Å². The molecular formula is C14H20N2O3. The third-order valence-electron chi connectivity index (χ3n) is 2.75. The highest BCUT2D eigenvalue weighted by atomic mass is 16.4. The van der Waals surface area contributed by atoms with Gasteiger partial charge < -0.3 is 15.7 Å². The number of aliphatic carboxylic acids is 1. The molecule has 0 unspecified atom stereocenters. The van der Waals surface area contributed by atoms with Crippen LogP contribution >= 0.6 is 0 Å². The standard InChI is InChI=1S/C14H20N2O3/c1-4-7-10-8-5-6-9-11(10)15-13(19)16-14(2,3)12(17)18/h5-6,8-9H,4,7H2,1-3H3,(H,17,18)(H2,15,16,19). The molecule has 0 radical (unpaired) electrons. The smallest absolute Gasteiger partial charge is 0.328 e. The molecule has 5 nitrogen and oxygen atoms in total. The van der Waals surface area contributed by atoms with Crippen LogP contribution in [0, 0.1) is 0 Å². The van der Waals surface area contributed by atoms with Crippen LogP contribution in [-0.2, 0) is 11.2 Å². The molecule has 0 aromatic heterocycles. The highest BCUT2D eigenvalue weighted by Gasteiger charge is 2.28. The topological polar surface area (TPSA) is 78.4 Å². The molecule has 2 amide bonds. The molecule has 0 saturated heterocycles. The van der Waals surface area contributed by atoms with Crippen molar-refractivity contribution in [2.24, 2.45) is 0 Å². The second kappa shape index (κ2) is 6.22. The molecule has 104 valence electrons. The minimum Gasteiger partial charge on any atom is -0.480 e. The average molecular weight is 264 g/mol. The molecule has 0 aliphatic carbocycles. The fourth-order valence-corrected chi connectivity index (χ4v) is 1.62. The summed E-state index contributed by atoms with van der Waals surface area (Å²) in [5, 5.41) is 14.1. The van der Waals surface area contributed by atoms with E-state index < -0.39 is 17.5 Å². The first-order chi connectivity index (χ1) is 8.86. The van der Waals surface area contributed by atoms with Crippen molar-refractivity contribution in [2.45, 2.75) is 39.2 Å². The number of rotatable bonds is 5. The molecule has 0 saturated carbocycles. The molecule has 0 aliphatic heterocycles. The number of benzene rings is 1. The number of nitrogens with one attached hydrogen (secondary N) is 2. The van der Waals surface area contributed by atoms with Crippen molar-refractivity contribution < 1.29 is 14.7 Å². The number of hydrogen-bond acceptors (Lipinski definition) is 2. The molecule has 0 heterocycles. The van der Waals surface area contributed by atoms with Gasteiger partial charge >= 0.3 is 12.0 Å². The number of hydrogen-bond donors (Lipinski definition) is 3. The van der Waals surface area contributed by atoms with Crippen LogP contribution < -0.4 is 10.6 Å². The van der Waals surface area contributed by atoms with Crippen molar-refractivity contribution >= 4 is 17.7 Å². The quantitative estimate of drug-likeness (QED) is 0.765. The molecule has 0 aliphatic rings. The van der Waals surface area contributed by atoms with Crippen molar-refractivity contribution in [2.75, 3.05) is 5.32 Å². The molecule has 19 heavy (non-hydrogen) atoms. The number of carbonyl (C=O) groups is 2. The summed E-state index contributed by atoms with van der Waals surface area (Å²) >= 11 is 0. The third-order valence-corrected chi connectivity index (χ3v) is 2.75. The van der Waals surface area contributed by atoms with E-state index in [0.29, 0.717) is 5.69 Å². The lowest BCUT2D eigenvalue weighted by molar-refractivity contribution is -0.142. The van der Waals surface area contributed by atoms with Crippen LogP contribution in [0.1, 0.15) is 32.8 Å². The molecule has 1 aromatic carbocycles. The van der Waals surface area contributed by atoms with Crippen LogP contribution in [0.2, 0.25) is 0 Å². The van der Waals surface area contributed by atoms with Gasteiger partial charge in [0.1, 0.15) is 5.54 Å².